The van der Waals surface area contributed by atoms with E-state index in [1.165, 1.54) is 5.56 Å². The number of carboxylic acids is 1. The number of carbonyl (C=O) groups excluding carboxylic acids is 2. The van der Waals surface area contributed by atoms with Gasteiger partial charge in [0, 0.05) is 18.8 Å². The number of ketones is 1. The third kappa shape index (κ3) is 8.63. The van der Waals surface area contributed by atoms with Gasteiger partial charge in [0.25, 0.3) is 0 Å². The van der Waals surface area contributed by atoms with E-state index in [0.29, 0.717) is 19.3 Å². The fourth-order valence-electron chi connectivity index (χ4n) is 3.58. The predicted octanol–water partition coefficient (Wildman–Crippen LogP) is -0.410. The fraction of sp³-hybridized carbons (Fsp3) is 0.524. The third-order valence-corrected chi connectivity index (χ3v) is 4.87. The van der Waals surface area contributed by atoms with Crippen molar-refractivity contribution in [3.8, 4) is 0 Å². The van der Waals surface area contributed by atoms with Crippen molar-refractivity contribution in [1.82, 2.24) is 0 Å². The summed E-state index contributed by atoms with van der Waals surface area (Å²) in [6.07, 6.45) is 9.00. The van der Waals surface area contributed by atoms with Gasteiger partial charge >= 0.3 is 29.6 Å². The Kier molecular flexibility index (Phi) is 10.4. The van der Waals surface area contributed by atoms with Crippen LogP contribution in [0.4, 0.5) is 0 Å². The van der Waals surface area contributed by atoms with E-state index < -0.39 is 11.6 Å². The number of hydrogen-bond donors (Lipinski definition) is 1. The van der Waals surface area contributed by atoms with Gasteiger partial charge in [-0.1, -0.05) is 36.4 Å². The Labute approximate surface area is 178 Å². The van der Waals surface area contributed by atoms with E-state index in [9.17, 15) is 19.8 Å². The summed E-state index contributed by atoms with van der Waals surface area (Å²) >= 11 is 0. The maximum atomic E-state index is 12.0. The molecule has 1 N–H and O–H groups in total. The van der Waals surface area contributed by atoms with Crippen LogP contribution in [0.15, 0.2) is 42.5 Å². The predicted molar refractivity (Wildman–Crippen MR) is 94.7 cm³/mol. The Bertz CT molecular complexity index is 599. The number of aliphatic carboxylic acids is 1. The molecule has 5 heteroatoms. The van der Waals surface area contributed by atoms with Crippen molar-refractivity contribution in [3.63, 3.8) is 0 Å². The van der Waals surface area contributed by atoms with Crippen molar-refractivity contribution >= 4 is 11.8 Å². The van der Waals surface area contributed by atoms with Crippen LogP contribution in [0.2, 0.25) is 0 Å². The summed E-state index contributed by atoms with van der Waals surface area (Å²) < 4.78 is 0. The number of benzene rings is 1. The number of carbonyl (C=O) groups is 2. The van der Waals surface area contributed by atoms with Crippen molar-refractivity contribution in [2.75, 3.05) is 0 Å². The minimum absolute atomic E-state index is 0. The van der Waals surface area contributed by atoms with E-state index in [1.54, 1.807) is 6.08 Å². The maximum absolute atomic E-state index is 12.0. The van der Waals surface area contributed by atoms with Crippen LogP contribution in [-0.2, 0) is 16.0 Å². The molecule has 136 valence electrons. The molecule has 2 atom stereocenters. The normalized spacial score (nSPS) is 22.7. The molecule has 1 fully saturated rings. The Hall–Kier alpha value is -0.940. The SMILES string of the molecule is O=C([O-])C[C@]1(O)CCC[C@H](/C=C/C(=O)CCCCc2ccccc2)C1.[Na+]. The minimum atomic E-state index is -1.22. The first-order valence-corrected chi connectivity index (χ1v) is 9.14. The number of allylic oxidation sites excluding steroid dienone is 2. The van der Waals surface area contributed by atoms with Crippen molar-refractivity contribution in [2.45, 2.75) is 63.4 Å². The summed E-state index contributed by atoms with van der Waals surface area (Å²) in [6.45, 7) is 0. The largest absolute Gasteiger partial charge is 1.00 e. The molecule has 0 aliphatic heterocycles. The molecule has 0 radical (unpaired) electrons. The Morgan fingerprint density at radius 1 is 1.23 bits per heavy atom. The average Bonchev–Trinajstić information content (AvgIpc) is 2.57. The first-order valence-electron chi connectivity index (χ1n) is 9.14. The first-order chi connectivity index (χ1) is 12.0. The molecule has 0 aromatic heterocycles. The van der Waals surface area contributed by atoms with Gasteiger partial charge in [-0.25, -0.2) is 0 Å². The zero-order valence-electron chi connectivity index (χ0n) is 15.7. The summed E-state index contributed by atoms with van der Waals surface area (Å²) in [5, 5.41) is 21.1. The molecule has 1 saturated carbocycles. The Balaban J connectivity index is 0.00000338. The summed E-state index contributed by atoms with van der Waals surface area (Å²) in [4.78, 5) is 22.7. The van der Waals surface area contributed by atoms with Crippen LogP contribution in [0, 0.1) is 5.92 Å². The van der Waals surface area contributed by atoms with Crippen molar-refractivity contribution in [3.05, 3.63) is 48.0 Å². The molecular weight excluding hydrogens is 339 g/mol. The van der Waals surface area contributed by atoms with Gasteiger partial charge in [0.2, 0.25) is 0 Å². The molecule has 0 heterocycles. The van der Waals surface area contributed by atoms with E-state index in [2.05, 4.69) is 12.1 Å². The molecule has 26 heavy (non-hydrogen) atoms. The minimum Gasteiger partial charge on any atom is -0.550 e. The zero-order valence-corrected chi connectivity index (χ0v) is 17.7. The Morgan fingerprint density at radius 3 is 2.65 bits per heavy atom. The fourth-order valence-corrected chi connectivity index (χ4v) is 3.58. The molecule has 1 aliphatic carbocycles. The van der Waals surface area contributed by atoms with E-state index in [4.69, 9.17) is 0 Å². The van der Waals surface area contributed by atoms with Gasteiger partial charge in [-0.15, -0.1) is 0 Å². The molecule has 0 amide bonds. The second-order valence-electron chi connectivity index (χ2n) is 7.15. The van der Waals surface area contributed by atoms with E-state index in [0.717, 1.165) is 32.1 Å². The van der Waals surface area contributed by atoms with Crippen molar-refractivity contribution in [1.29, 1.82) is 0 Å². The monoisotopic (exact) mass is 366 g/mol. The van der Waals surface area contributed by atoms with Crippen LogP contribution in [0.3, 0.4) is 0 Å². The maximum Gasteiger partial charge on any atom is 1.00 e. The molecule has 0 unspecified atom stereocenters. The van der Waals surface area contributed by atoms with Gasteiger partial charge in [-0.05, 0) is 62.5 Å². The summed E-state index contributed by atoms with van der Waals surface area (Å²) in [6, 6.07) is 10.2. The van der Waals surface area contributed by atoms with Gasteiger partial charge in [0.15, 0.2) is 5.78 Å². The molecule has 2 rings (SSSR count). The molecule has 1 aromatic rings. The van der Waals surface area contributed by atoms with Gasteiger partial charge in [-0.3, -0.25) is 4.79 Å². The van der Waals surface area contributed by atoms with Gasteiger partial charge in [-0.2, -0.15) is 0 Å². The van der Waals surface area contributed by atoms with Crippen LogP contribution in [-0.4, -0.2) is 22.5 Å². The van der Waals surface area contributed by atoms with E-state index in [-0.39, 0.29) is 47.7 Å². The summed E-state index contributed by atoms with van der Waals surface area (Å²) in [5.41, 5.74) is 0.102. The number of aliphatic hydroxyl groups is 1. The molecule has 1 aromatic carbocycles. The first kappa shape index (κ1) is 23.1. The van der Waals surface area contributed by atoms with Crippen LogP contribution in [0.1, 0.15) is 56.9 Å². The van der Waals surface area contributed by atoms with Gasteiger partial charge in [0.05, 0.1) is 5.60 Å². The number of carboxylic acid groups (broad SMARTS) is 1. The van der Waals surface area contributed by atoms with Crippen LogP contribution < -0.4 is 34.7 Å². The molecule has 0 spiro atoms. The topological polar surface area (TPSA) is 77.4 Å². The number of hydrogen-bond acceptors (Lipinski definition) is 4. The molecule has 0 bridgehead atoms. The van der Waals surface area contributed by atoms with Crippen molar-refractivity contribution < 1.29 is 49.4 Å². The molecular formula is C21H27NaO4. The van der Waals surface area contributed by atoms with E-state index >= 15 is 0 Å². The van der Waals surface area contributed by atoms with Crippen LogP contribution in [0.5, 0.6) is 0 Å². The van der Waals surface area contributed by atoms with Gasteiger partial charge < -0.3 is 15.0 Å². The van der Waals surface area contributed by atoms with E-state index in [1.807, 2.05) is 24.3 Å². The molecule has 1 aliphatic rings. The number of rotatable bonds is 9. The van der Waals surface area contributed by atoms with Crippen LogP contribution >= 0.6 is 0 Å². The second kappa shape index (κ2) is 11.7. The quantitative estimate of drug-likeness (QED) is 0.366. The summed E-state index contributed by atoms with van der Waals surface area (Å²) in [5.74, 6) is -1.06. The average molecular weight is 366 g/mol. The zero-order chi connectivity index (χ0) is 18.1. The standard InChI is InChI=1S/C21H28O4.Na/c22-19(11-5-4-9-17-7-2-1-3-8-17)13-12-18-10-6-14-21(25,15-18)16-20(23)24;/h1-3,7-8,12-13,18,25H,4-6,9-11,14-16H2,(H,23,24);/q;+1/p-1/b13-12+;/t18-,21+;/m1./s1. The smallest absolute Gasteiger partial charge is 0.550 e. The second-order valence-corrected chi connectivity index (χ2v) is 7.15. The van der Waals surface area contributed by atoms with Gasteiger partial charge in [0.1, 0.15) is 0 Å². The van der Waals surface area contributed by atoms with Crippen LogP contribution in [0.25, 0.3) is 0 Å². The number of unbranched alkanes of at least 4 members (excludes halogenated alkanes) is 1. The van der Waals surface area contributed by atoms with Crippen molar-refractivity contribution in [2.24, 2.45) is 5.92 Å². The molecule has 4 nitrogen and oxygen atoms in total. The third-order valence-electron chi connectivity index (χ3n) is 4.87. The summed E-state index contributed by atoms with van der Waals surface area (Å²) in [7, 11) is 0. The Morgan fingerprint density at radius 2 is 1.96 bits per heavy atom. The number of aryl methyl sites for hydroxylation is 1. The molecule has 0 saturated heterocycles.